The number of nitrogens with one attached hydrogen (secondary N) is 1. The molecule has 6 heteroatoms. The lowest BCUT2D eigenvalue weighted by Crippen LogP contribution is -2.04. The second-order valence-corrected chi connectivity index (χ2v) is 8.15. The van der Waals surface area contributed by atoms with E-state index in [2.05, 4.69) is 29.1 Å². The molecule has 0 radical (unpaired) electrons. The van der Waals surface area contributed by atoms with E-state index in [0.29, 0.717) is 5.92 Å². The molecule has 1 aliphatic rings. The number of hydrogen-bond donors (Lipinski definition) is 1. The zero-order valence-corrected chi connectivity index (χ0v) is 15.9. The van der Waals surface area contributed by atoms with Crippen LogP contribution >= 0.6 is 22.9 Å². The van der Waals surface area contributed by atoms with Crippen LogP contribution in [0.4, 0.5) is 11.5 Å². The first-order chi connectivity index (χ1) is 12.1. The van der Waals surface area contributed by atoms with Gasteiger partial charge in [-0.15, -0.1) is 11.3 Å². The maximum absolute atomic E-state index is 6.13. The molecule has 4 nitrogen and oxygen atoms in total. The summed E-state index contributed by atoms with van der Waals surface area (Å²) >= 11 is 7.87. The van der Waals surface area contributed by atoms with Gasteiger partial charge in [0.15, 0.2) is 0 Å². The van der Waals surface area contributed by atoms with Gasteiger partial charge >= 0.3 is 0 Å². The molecule has 0 spiro atoms. The predicted octanol–water partition coefficient (Wildman–Crippen LogP) is 5.61. The molecule has 0 unspecified atom stereocenters. The van der Waals surface area contributed by atoms with Gasteiger partial charge in [0.2, 0.25) is 5.28 Å². The number of fused-ring (bicyclic) bond motifs is 3. The number of aryl methyl sites for hydroxylation is 2. The highest BCUT2D eigenvalue weighted by atomic mass is 35.5. The first-order valence-electron chi connectivity index (χ1n) is 8.58. The molecule has 0 saturated heterocycles. The summed E-state index contributed by atoms with van der Waals surface area (Å²) in [7, 11) is 0. The monoisotopic (exact) mass is 373 g/mol. The molecule has 0 aliphatic heterocycles. The van der Waals surface area contributed by atoms with Gasteiger partial charge in [0.1, 0.15) is 16.4 Å². The number of halogens is 1. The van der Waals surface area contributed by atoms with E-state index in [1.807, 2.05) is 24.3 Å². The van der Waals surface area contributed by atoms with E-state index in [1.165, 1.54) is 16.9 Å². The molecule has 1 N–H and O–H groups in total. The Morgan fingerprint density at radius 3 is 2.76 bits per heavy atom. The smallest absolute Gasteiger partial charge is 0.225 e. The average Bonchev–Trinajstić information content (AvgIpc) is 3.14. The molecule has 0 fully saturated rings. The standard InChI is InChI=1S/C19H20ClN3OS/c1-11(2)10-24-13-8-6-12(7-9-13)21-17-16-14-4-3-5-15(14)25-18(16)23-19(20)22-17/h6-9,11H,3-5,10H2,1-2H3,(H,21,22,23). The van der Waals surface area contributed by atoms with E-state index >= 15 is 0 Å². The van der Waals surface area contributed by atoms with Gasteiger partial charge in [-0.3, -0.25) is 0 Å². The van der Waals surface area contributed by atoms with E-state index in [4.69, 9.17) is 16.3 Å². The summed E-state index contributed by atoms with van der Waals surface area (Å²) in [4.78, 5) is 11.3. The minimum atomic E-state index is 0.284. The van der Waals surface area contributed by atoms with Gasteiger partial charge in [-0.05, 0) is 66.6 Å². The molecule has 1 aromatic carbocycles. The Morgan fingerprint density at radius 2 is 2.00 bits per heavy atom. The lowest BCUT2D eigenvalue weighted by Gasteiger charge is -2.11. The summed E-state index contributed by atoms with van der Waals surface area (Å²) in [6, 6.07) is 7.96. The van der Waals surface area contributed by atoms with Gasteiger partial charge in [0.25, 0.3) is 0 Å². The second kappa shape index (κ2) is 6.81. The van der Waals surface area contributed by atoms with Crippen molar-refractivity contribution in [3.63, 3.8) is 0 Å². The fourth-order valence-corrected chi connectivity index (χ4v) is 4.57. The van der Waals surface area contributed by atoms with Crippen molar-refractivity contribution < 1.29 is 4.74 Å². The van der Waals surface area contributed by atoms with Crippen molar-refractivity contribution in [2.45, 2.75) is 33.1 Å². The highest BCUT2D eigenvalue weighted by molar-refractivity contribution is 7.19. The lowest BCUT2D eigenvalue weighted by molar-refractivity contribution is 0.271. The second-order valence-electron chi connectivity index (χ2n) is 6.73. The Labute approximate surface area is 156 Å². The third-order valence-electron chi connectivity index (χ3n) is 4.24. The normalized spacial score (nSPS) is 13.4. The van der Waals surface area contributed by atoms with Crippen molar-refractivity contribution in [1.82, 2.24) is 9.97 Å². The number of ether oxygens (including phenoxy) is 1. The molecule has 0 atom stereocenters. The number of anilines is 2. The first kappa shape index (κ1) is 16.6. The number of benzene rings is 1. The molecule has 3 aromatic rings. The van der Waals surface area contributed by atoms with E-state index < -0.39 is 0 Å². The van der Waals surface area contributed by atoms with Crippen LogP contribution in [0, 0.1) is 5.92 Å². The third-order valence-corrected chi connectivity index (χ3v) is 5.59. The zero-order chi connectivity index (χ0) is 17.4. The molecule has 0 bridgehead atoms. The Kier molecular flexibility index (Phi) is 4.52. The summed E-state index contributed by atoms with van der Waals surface area (Å²) in [6.45, 7) is 4.99. The highest BCUT2D eigenvalue weighted by Crippen LogP contribution is 2.40. The number of nitrogens with zero attached hydrogens (tertiary/aromatic N) is 2. The maximum atomic E-state index is 6.13. The zero-order valence-electron chi connectivity index (χ0n) is 14.3. The van der Waals surface area contributed by atoms with E-state index in [9.17, 15) is 0 Å². The quantitative estimate of drug-likeness (QED) is 0.590. The van der Waals surface area contributed by atoms with E-state index in [1.54, 1.807) is 11.3 Å². The minimum Gasteiger partial charge on any atom is -0.493 e. The van der Waals surface area contributed by atoms with Crippen LogP contribution in [0.2, 0.25) is 5.28 Å². The van der Waals surface area contributed by atoms with E-state index in [-0.39, 0.29) is 5.28 Å². The van der Waals surface area contributed by atoms with Crippen LogP contribution in [0.1, 0.15) is 30.7 Å². The molecule has 25 heavy (non-hydrogen) atoms. The van der Waals surface area contributed by atoms with E-state index in [0.717, 1.165) is 46.9 Å². The Hall–Kier alpha value is -1.85. The Balaban J connectivity index is 1.62. The van der Waals surface area contributed by atoms with Crippen molar-refractivity contribution in [3.8, 4) is 5.75 Å². The van der Waals surface area contributed by atoms with Gasteiger partial charge in [-0.2, -0.15) is 4.98 Å². The fourth-order valence-electron chi connectivity index (χ4n) is 3.09. The number of hydrogen-bond acceptors (Lipinski definition) is 5. The van der Waals surface area contributed by atoms with Gasteiger partial charge in [0.05, 0.1) is 12.0 Å². The summed E-state index contributed by atoms with van der Waals surface area (Å²) in [5, 5.41) is 4.82. The van der Waals surface area contributed by atoms with Crippen LogP contribution in [0.5, 0.6) is 5.75 Å². The van der Waals surface area contributed by atoms with Crippen molar-refractivity contribution in [2.75, 3.05) is 11.9 Å². The Morgan fingerprint density at radius 1 is 1.20 bits per heavy atom. The van der Waals surface area contributed by atoms with Gasteiger partial charge < -0.3 is 10.1 Å². The highest BCUT2D eigenvalue weighted by Gasteiger charge is 2.22. The predicted molar refractivity (Wildman–Crippen MR) is 105 cm³/mol. The van der Waals surface area contributed by atoms with Crippen LogP contribution in [-0.4, -0.2) is 16.6 Å². The SMILES string of the molecule is CC(C)COc1ccc(Nc2nc(Cl)nc3sc4c(c23)CCC4)cc1. The summed E-state index contributed by atoms with van der Waals surface area (Å²) < 4.78 is 5.74. The molecule has 0 amide bonds. The van der Waals surface area contributed by atoms with Crippen molar-refractivity contribution in [1.29, 1.82) is 0 Å². The molecule has 0 saturated carbocycles. The van der Waals surface area contributed by atoms with Crippen LogP contribution in [-0.2, 0) is 12.8 Å². The molecular weight excluding hydrogens is 354 g/mol. The molecular formula is C19H20ClN3OS. The lowest BCUT2D eigenvalue weighted by atomic mass is 10.2. The maximum Gasteiger partial charge on any atom is 0.225 e. The van der Waals surface area contributed by atoms with Gasteiger partial charge in [-0.25, -0.2) is 4.98 Å². The fraction of sp³-hybridized carbons (Fsp3) is 0.368. The Bertz CT molecular complexity index is 905. The van der Waals surface area contributed by atoms with Crippen LogP contribution < -0.4 is 10.1 Å². The van der Waals surface area contributed by atoms with Gasteiger partial charge in [0, 0.05) is 10.6 Å². The summed E-state index contributed by atoms with van der Waals surface area (Å²) in [5.74, 6) is 2.18. The number of rotatable bonds is 5. The van der Waals surface area contributed by atoms with Gasteiger partial charge in [-0.1, -0.05) is 13.8 Å². The number of aromatic nitrogens is 2. The molecule has 130 valence electrons. The molecule has 4 rings (SSSR count). The van der Waals surface area contributed by atoms with Crippen LogP contribution in [0.15, 0.2) is 24.3 Å². The third kappa shape index (κ3) is 3.44. The van der Waals surface area contributed by atoms with Crippen LogP contribution in [0.3, 0.4) is 0 Å². The van der Waals surface area contributed by atoms with Crippen LogP contribution in [0.25, 0.3) is 10.2 Å². The molecule has 1 aliphatic carbocycles. The molecule has 2 aromatic heterocycles. The topological polar surface area (TPSA) is 47.0 Å². The summed E-state index contributed by atoms with van der Waals surface area (Å²) in [5.41, 5.74) is 2.35. The minimum absolute atomic E-state index is 0.284. The average molecular weight is 374 g/mol. The first-order valence-corrected chi connectivity index (χ1v) is 9.77. The number of thiophene rings is 1. The largest absolute Gasteiger partial charge is 0.493 e. The van der Waals surface area contributed by atoms with Crippen molar-refractivity contribution in [3.05, 3.63) is 40.0 Å². The van der Waals surface area contributed by atoms with Crippen molar-refractivity contribution in [2.24, 2.45) is 5.92 Å². The van der Waals surface area contributed by atoms with Crippen molar-refractivity contribution >= 4 is 44.7 Å². The molecule has 2 heterocycles. The summed E-state index contributed by atoms with van der Waals surface area (Å²) in [6.07, 6.45) is 3.44.